The van der Waals surface area contributed by atoms with Crippen molar-refractivity contribution >= 4 is 34.4 Å². The molecule has 7 heteroatoms. The zero-order valence-electron chi connectivity index (χ0n) is 12.8. The summed E-state index contributed by atoms with van der Waals surface area (Å²) < 4.78 is 37.8. The van der Waals surface area contributed by atoms with Crippen LogP contribution >= 0.6 is 23.6 Å². The molecule has 0 bridgehead atoms. The molecule has 0 aliphatic heterocycles. The molecule has 2 N–H and O–H groups in total. The molecule has 0 atom stereocenters. The SMILES string of the molecule is FC(F)(F)c1ccc(NC(=S)NC2(c3cccs3)CCCC2)cc1. The number of hydrogen-bond acceptors (Lipinski definition) is 2. The molecule has 1 aromatic heterocycles. The zero-order valence-corrected chi connectivity index (χ0v) is 14.5. The largest absolute Gasteiger partial charge is 0.416 e. The minimum absolute atomic E-state index is 0.163. The Kier molecular flexibility index (Phi) is 4.83. The number of thiophene rings is 1. The van der Waals surface area contributed by atoms with Crippen LogP contribution in [-0.4, -0.2) is 5.11 Å². The molecule has 128 valence electrons. The van der Waals surface area contributed by atoms with Crippen molar-refractivity contribution in [3.8, 4) is 0 Å². The molecule has 1 aliphatic carbocycles. The van der Waals surface area contributed by atoms with E-state index in [4.69, 9.17) is 12.2 Å². The fraction of sp³-hybridized carbons (Fsp3) is 0.353. The van der Waals surface area contributed by atoms with E-state index in [0.29, 0.717) is 10.8 Å². The maximum atomic E-state index is 12.6. The Bertz CT molecular complexity index is 688. The van der Waals surface area contributed by atoms with Crippen molar-refractivity contribution in [1.29, 1.82) is 0 Å². The number of nitrogens with one attached hydrogen (secondary N) is 2. The van der Waals surface area contributed by atoms with Gasteiger partial charge in [-0.05, 0) is 60.8 Å². The summed E-state index contributed by atoms with van der Waals surface area (Å²) in [6, 6.07) is 9.01. The molecule has 1 aliphatic rings. The minimum atomic E-state index is -4.33. The van der Waals surface area contributed by atoms with Crippen LogP contribution < -0.4 is 10.6 Å². The molecule has 2 nitrogen and oxygen atoms in total. The summed E-state index contributed by atoms with van der Waals surface area (Å²) in [5.74, 6) is 0. The fourth-order valence-electron chi connectivity index (χ4n) is 3.08. The number of rotatable bonds is 3. The average Bonchev–Trinajstić information content (AvgIpc) is 3.18. The predicted molar refractivity (Wildman–Crippen MR) is 95.3 cm³/mol. The zero-order chi connectivity index (χ0) is 17.2. The maximum absolute atomic E-state index is 12.6. The Hall–Kier alpha value is -1.60. The highest BCUT2D eigenvalue weighted by molar-refractivity contribution is 7.80. The quantitative estimate of drug-likeness (QED) is 0.696. The second-order valence-electron chi connectivity index (χ2n) is 5.92. The first-order chi connectivity index (χ1) is 11.4. The first-order valence-electron chi connectivity index (χ1n) is 7.69. The molecule has 2 aromatic rings. The topological polar surface area (TPSA) is 24.1 Å². The van der Waals surface area contributed by atoms with Gasteiger partial charge in [-0.2, -0.15) is 13.2 Å². The minimum Gasteiger partial charge on any atom is -0.352 e. The van der Waals surface area contributed by atoms with E-state index >= 15 is 0 Å². The van der Waals surface area contributed by atoms with Crippen LogP contribution in [0.15, 0.2) is 41.8 Å². The number of halogens is 3. The lowest BCUT2D eigenvalue weighted by Crippen LogP contribution is -2.45. The first-order valence-corrected chi connectivity index (χ1v) is 8.98. The van der Waals surface area contributed by atoms with E-state index in [0.717, 1.165) is 37.8 Å². The molecule has 1 saturated carbocycles. The maximum Gasteiger partial charge on any atom is 0.416 e. The van der Waals surface area contributed by atoms with Crippen LogP contribution in [0.5, 0.6) is 0 Å². The predicted octanol–water partition coefficient (Wildman–Crippen LogP) is 5.52. The first kappa shape index (κ1) is 17.2. The summed E-state index contributed by atoms with van der Waals surface area (Å²) in [6.45, 7) is 0. The molecule has 0 amide bonds. The van der Waals surface area contributed by atoms with Gasteiger partial charge in [-0.25, -0.2) is 0 Å². The van der Waals surface area contributed by atoms with Gasteiger partial charge in [-0.15, -0.1) is 11.3 Å². The van der Waals surface area contributed by atoms with Crippen LogP contribution in [0.3, 0.4) is 0 Å². The van der Waals surface area contributed by atoms with Gasteiger partial charge in [0, 0.05) is 10.6 Å². The molecule has 0 radical (unpaired) electrons. The standard InChI is InChI=1S/C17H17F3N2S2/c18-17(19,20)12-5-7-13(8-6-12)21-15(23)22-16(9-1-2-10-16)14-4-3-11-24-14/h3-8,11H,1-2,9-10H2,(H2,21,22,23). The normalized spacial score (nSPS) is 16.8. The molecule has 0 saturated heterocycles. The number of benzene rings is 1. The van der Waals surface area contributed by atoms with Crippen LogP contribution in [0, 0.1) is 0 Å². The van der Waals surface area contributed by atoms with E-state index in [9.17, 15) is 13.2 Å². The lowest BCUT2D eigenvalue weighted by Gasteiger charge is -2.31. The second-order valence-corrected chi connectivity index (χ2v) is 7.28. The van der Waals surface area contributed by atoms with Crippen molar-refractivity contribution in [1.82, 2.24) is 5.32 Å². The van der Waals surface area contributed by atoms with Crippen LogP contribution in [-0.2, 0) is 11.7 Å². The van der Waals surface area contributed by atoms with E-state index in [1.807, 2.05) is 11.4 Å². The fourth-order valence-corrected chi connectivity index (χ4v) is 4.34. The highest BCUT2D eigenvalue weighted by Crippen LogP contribution is 2.40. The van der Waals surface area contributed by atoms with E-state index < -0.39 is 11.7 Å². The molecular formula is C17H17F3N2S2. The van der Waals surface area contributed by atoms with Crippen LogP contribution in [0.25, 0.3) is 0 Å². The molecule has 3 rings (SSSR count). The monoisotopic (exact) mass is 370 g/mol. The van der Waals surface area contributed by atoms with E-state index in [1.165, 1.54) is 17.0 Å². The lowest BCUT2D eigenvalue weighted by atomic mass is 9.96. The highest BCUT2D eigenvalue weighted by atomic mass is 32.1. The van der Waals surface area contributed by atoms with Gasteiger partial charge >= 0.3 is 6.18 Å². The number of anilines is 1. The van der Waals surface area contributed by atoms with Crippen molar-refractivity contribution in [2.24, 2.45) is 0 Å². The second kappa shape index (κ2) is 6.72. The van der Waals surface area contributed by atoms with Gasteiger partial charge in [0.2, 0.25) is 0 Å². The van der Waals surface area contributed by atoms with E-state index in [1.54, 1.807) is 11.3 Å². The Morgan fingerprint density at radius 2 is 1.75 bits per heavy atom. The van der Waals surface area contributed by atoms with Gasteiger partial charge in [0.25, 0.3) is 0 Å². The van der Waals surface area contributed by atoms with Gasteiger partial charge in [-0.1, -0.05) is 18.9 Å². The highest BCUT2D eigenvalue weighted by Gasteiger charge is 2.37. The summed E-state index contributed by atoms with van der Waals surface area (Å²) >= 11 is 7.08. The third-order valence-electron chi connectivity index (χ3n) is 4.27. The van der Waals surface area contributed by atoms with Crippen LogP contribution in [0.4, 0.5) is 18.9 Å². The van der Waals surface area contributed by atoms with Crippen molar-refractivity contribution in [3.63, 3.8) is 0 Å². The van der Waals surface area contributed by atoms with Gasteiger partial charge in [0.05, 0.1) is 11.1 Å². The van der Waals surface area contributed by atoms with Gasteiger partial charge in [0.15, 0.2) is 5.11 Å². The van der Waals surface area contributed by atoms with E-state index in [-0.39, 0.29) is 5.54 Å². The van der Waals surface area contributed by atoms with Crippen molar-refractivity contribution in [2.75, 3.05) is 5.32 Å². The van der Waals surface area contributed by atoms with E-state index in [2.05, 4.69) is 16.7 Å². The molecule has 1 heterocycles. The van der Waals surface area contributed by atoms with Crippen molar-refractivity contribution < 1.29 is 13.2 Å². The summed E-state index contributed by atoms with van der Waals surface area (Å²) in [5, 5.41) is 8.87. The Morgan fingerprint density at radius 1 is 1.08 bits per heavy atom. The van der Waals surface area contributed by atoms with Crippen molar-refractivity contribution in [3.05, 3.63) is 52.2 Å². The smallest absolute Gasteiger partial charge is 0.352 e. The Balaban J connectivity index is 1.69. The molecule has 1 aromatic carbocycles. The summed E-state index contributed by atoms with van der Waals surface area (Å²) in [4.78, 5) is 1.25. The molecule has 0 unspecified atom stereocenters. The third-order valence-corrected chi connectivity index (χ3v) is 5.55. The van der Waals surface area contributed by atoms with Crippen LogP contribution in [0.2, 0.25) is 0 Å². The number of alkyl halides is 3. The molecule has 1 fully saturated rings. The van der Waals surface area contributed by atoms with Gasteiger partial charge < -0.3 is 10.6 Å². The number of thiocarbonyl (C=S) groups is 1. The Morgan fingerprint density at radius 3 is 2.29 bits per heavy atom. The third kappa shape index (κ3) is 3.72. The van der Waals surface area contributed by atoms with Gasteiger partial charge in [-0.3, -0.25) is 0 Å². The summed E-state index contributed by atoms with van der Waals surface area (Å²) in [7, 11) is 0. The summed E-state index contributed by atoms with van der Waals surface area (Å²) in [6.07, 6.45) is -0.0589. The summed E-state index contributed by atoms with van der Waals surface area (Å²) in [5.41, 5.74) is -0.290. The van der Waals surface area contributed by atoms with Crippen LogP contribution in [0.1, 0.15) is 36.1 Å². The lowest BCUT2D eigenvalue weighted by molar-refractivity contribution is -0.137. The number of hydrogen-bond donors (Lipinski definition) is 2. The van der Waals surface area contributed by atoms with Crippen molar-refractivity contribution in [2.45, 2.75) is 37.4 Å². The molecular weight excluding hydrogens is 353 g/mol. The Labute approximate surface area is 148 Å². The average molecular weight is 370 g/mol. The molecule has 0 spiro atoms. The molecule has 24 heavy (non-hydrogen) atoms. The van der Waals surface area contributed by atoms with Gasteiger partial charge in [0.1, 0.15) is 0 Å².